The van der Waals surface area contributed by atoms with Crippen molar-refractivity contribution in [3.05, 3.63) is 63.5 Å². The van der Waals surface area contributed by atoms with E-state index < -0.39 is 0 Å². The minimum absolute atomic E-state index is 0.0276. The summed E-state index contributed by atoms with van der Waals surface area (Å²) in [5, 5.41) is 10.0. The smallest absolute Gasteiger partial charge is 0.293 e. The Kier molecular flexibility index (Phi) is 5.54. The lowest BCUT2D eigenvalue weighted by atomic mass is 10.1. The van der Waals surface area contributed by atoms with Gasteiger partial charge in [-0.25, -0.2) is 0 Å². The van der Waals surface area contributed by atoms with Crippen molar-refractivity contribution in [1.29, 1.82) is 0 Å². The Morgan fingerprint density at radius 3 is 2.62 bits per heavy atom. The number of benzene rings is 2. The van der Waals surface area contributed by atoms with Crippen molar-refractivity contribution >= 4 is 40.6 Å². The highest BCUT2D eigenvalue weighted by molar-refractivity contribution is 8.18. The topological polar surface area (TPSA) is 66.8 Å². The molecule has 1 aliphatic heterocycles. The van der Waals surface area contributed by atoms with Gasteiger partial charge in [0.2, 0.25) is 0 Å². The fraction of sp³-hybridized carbons (Fsp3) is 0.158. The summed E-state index contributed by atoms with van der Waals surface area (Å²) >= 11 is 6.75. The molecular formula is C19H16ClNO4S. The van der Waals surface area contributed by atoms with Gasteiger partial charge in [0, 0.05) is 5.02 Å². The molecule has 134 valence electrons. The van der Waals surface area contributed by atoms with Gasteiger partial charge in [0.15, 0.2) is 11.5 Å². The van der Waals surface area contributed by atoms with Crippen LogP contribution in [-0.4, -0.2) is 27.8 Å². The number of nitrogens with zero attached hydrogens (tertiary/aromatic N) is 1. The molecule has 0 atom stereocenters. The molecule has 1 N–H and O–H groups in total. The number of imide groups is 1. The van der Waals surface area contributed by atoms with E-state index in [0.717, 1.165) is 17.3 Å². The molecule has 5 nitrogen and oxygen atoms in total. The Labute approximate surface area is 160 Å². The van der Waals surface area contributed by atoms with Gasteiger partial charge in [-0.2, -0.15) is 0 Å². The van der Waals surface area contributed by atoms with Crippen molar-refractivity contribution < 1.29 is 19.4 Å². The van der Waals surface area contributed by atoms with E-state index in [0.29, 0.717) is 27.8 Å². The van der Waals surface area contributed by atoms with Gasteiger partial charge in [0.05, 0.1) is 18.1 Å². The summed E-state index contributed by atoms with van der Waals surface area (Å²) in [6, 6.07) is 11.8. The number of carbonyl (C=O) groups is 2. The summed E-state index contributed by atoms with van der Waals surface area (Å²) in [5.41, 5.74) is 1.49. The quantitative estimate of drug-likeness (QED) is 0.752. The van der Waals surface area contributed by atoms with Crippen LogP contribution in [0, 0.1) is 0 Å². The van der Waals surface area contributed by atoms with Crippen LogP contribution in [0.5, 0.6) is 11.5 Å². The second kappa shape index (κ2) is 7.85. The van der Waals surface area contributed by atoms with E-state index in [2.05, 4.69) is 0 Å². The maximum atomic E-state index is 12.6. The van der Waals surface area contributed by atoms with E-state index in [1.165, 1.54) is 11.0 Å². The Hall–Kier alpha value is -2.44. The minimum atomic E-state index is -0.346. The molecule has 0 spiro atoms. The molecule has 7 heteroatoms. The Morgan fingerprint density at radius 2 is 1.92 bits per heavy atom. The van der Waals surface area contributed by atoms with Crippen molar-refractivity contribution in [3.8, 4) is 11.5 Å². The molecule has 3 rings (SSSR count). The number of carbonyl (C=O) groups excluding carboxylic acids is 2. The molecule has 0 bridgehead atoms. The molecule has 0 aliphatic carbocycles. The number of halogens is 1. The zero-order valence-corrected chi connectivity index (χ0v) is 15.5. The molecule has 26 heavy (non-hydrogen) atoms. The van der Waals surface area contributed by atoms with E-state index in [9.17, 15) is 14.7 Å². The monoisotopic (exact) mass is 389 g/mol. The van der Waals surface area contributed by atoms with Gasteiger partial charge in [0.25, 0.3) is 11.1 Å². The maximum absolute atomic E-state index is 12.6. The van der Waals surface area contributed by atoms with E-state index in [1.807, 2.05) is 6.92 Å². The van der Waals surface area contributed by atoms with Crippen molar-refractivity contribution in [2.45, 2.75) is 13.5 Å². The molecule has 2 amide bonds. The Bertz CT molecular complexity index is 880. The lowest BCUT2D eigenvalue weighted by molar-refractivity contribution is -0.123. The Balaban J connectivity index is 1.80. The van der Waals surface area contributed by atoms with Crippen LogP contribution in [0.4, 0.5) is 4.79 Å². The summed E-state index contributed by atoms with van der Waals surface area (Å²) < 4.78 is 5.34. The predicted molar refractivity (Wildman–Crippen MR) is 102 cm³/mol. The molecule has 2 aromatic carbocycles. The van der Waals surface area contributed by atoms with Crippen molar-refractivity contribution in [2.24, 2.45) is 0 Å². The normalized spacial score (nSPS) is 15.8. The summed E-state index contributed by atoms with van der Waals surface area (Å²) in [4.78, 5) is 26.3. The van der Waals surface area contributed by atoms with Gasteiger partial charge in [-0.1, -0.05) is 29.8 Å². The molecule has 1 saturated heterocycles. The summed E-state index contributed by atoms with van der Waals surface area (Å²) in [5.74, 6) is 0.0162. The third-order valence-corrected chi connectivity index (χ3v) is 4.87. The Morgan fingerprint density at radius 1 is 1.19 bits per heavy atom. The molecule has 1 fully saturated rings. The molecule has 0 radical (unpaired) electrons. The van der Waals surface area contributed by atoms with Gasteiger partial charge in [-0.05, 0) is 60.2 Å². The first kappa shape index (κ1) is 18.4. The molecule has 0 saturated carbocycles. The maximum Gasteiger partial charge on any atom is 0.293 e. The van der Waals surface area contributed by atoms with Crippen molar-refractivity contribution in [2.75, 3.05) is 6.61 Å². The van der Waals surface area contributed by atoms with Crippen LogP contribution in [-0.2, 0) is 11.3 Å². The second-order valence-corrected chi connectivity index (χ2v) is 6.98. The number of rotatable bonds is 5. The van der Waals surface area contributed by atoms with Crippen LogP contribution < -0.4 is 4.74 Å². The van der Waals surface area contributed by atoms with Gasteiger partial charge >= 0.3 is 0 Å². The van der Waals surface area contributed by atoms with Crippen LogP contribution in [0.3, 0.4) is 0 Å². The molecule has 0 unspecified atom stereocenters. The number of amides is 2. The summed E-state index contributed by atoms with van der Waals surface area (Å²) in [6.07, 6.45) is 1.62. The number of aromatic hydroxyl groups is 1. The highest BCUT2D eigenvalue weighted by atomic mass is 35.5. The minimum Gasteiger partial charge on any atom is -0.504 e. The largest absolute Gasteiger partial charge is 0.504 e. The number of hydrogen-bond acceptors (Lipinski definition) is 5. The fourth-order valence-corrected chi connectivity index (χ4v) is 3.42. The van der Waals surface area contributed by atoms with Crippen molar-refractivity contribution in [1.82, 2.24) is 4.90 Å². The number of ether oxygens (including phenoxy) is 1. The standard InChI is InChI=1S/C19H16ClNO4S/c1-2-25-16-9-13(5-8-15(16)22)10-17-18(23)21(19(24)26-17)11-12-3-6-14(20)7-4-12/h3-10,22H,2,11H2,1H3. The average Bonchev–Trinajstić information content (AvgIpc) is 2.87. The van der Waals surface area contributed by atoms with Gasteiger partial charge in [-0.3, -0.25) is 14.5 Å². The summed E-state index contributed by atoms with van der Waals surface area (Å²) in [6.45, 7) is 2.42. The van der Waals surface area contributed by atoms with Crippen LogP contribution in [0.1, 0.15) is 18.1 Å². The molecular weight excluding hydrogens is 374 g/mol. The number of hydrogen-bond donors (Lipinski definition) is 1. The predicted octanol–water partition coefficient (Wildman–Crippen LogP) is 4.68. The van der Waals surface area contributed by atoms with Gasteiger partial charge < -0.3 is 9.84 Å². The lowest BCUT2D eigenvalue weighted by Gasteiger charge is -2.12. The zero-order valence-electron chi connectivity index (χ0n) is 13.9. The van der Waals surface area contributed by atoms with Crippen LogP contribution >= 0.6 is 23.4 Å². The van der Waals surface area contributed by atoms with E-state index in [-0.39, 0.29) is 23.4 Å². The van der Waals surface area contributed by atoms with Gasteiger partial charge in [-0.15, -0.1) is 0 Å². The first-order chi connectivity index (χ1) is 12.5. The van der Waals surface area contributed by atoms with Gasteiger partial charge in [0.1, 0.15) is 0 Å². The SMILES string of the molecule is CCOc1cc(C=C2SC(=O)N(Cc3ccc(Cl)cc3)C2=O)ccc1O. The van der Waals surface area contributed by atoms with E-state index in [4.69, 9.17) is 16.3 Å². The highest BCUT2D eigenvalue weighted by Crippen LogP contribution is 2.35. The van der Waals surface area contributed by atoms with Crippen LogP contribution in [0.15, 0.2) is 47.4 Å². The molecule has 1 heterocycles. The number of phenols is 1. The lowest BCUT2D eigenvalue weighted by Crippen LogP contribution is -2.27. The first-order valence-electron chi connectivity index (χ1n) is 7.93. The van der Waals surface area contributed by atoms with Crippen molar-refractivity contribution in [3.63, 3.8) is 0 Å². The highest BCUT2D eigenvalue weighted by Gasteiger charge is 2.35. The second-order valence-electron chi connectivity index (χ2n) is 5.55. The number of thioether (sulfide) groups is 1. The van der Waals surface area contributed by atoms with E-state index >= 15 is 0 Å². The zero-order chi connectivity index (χ0) is 18.7. The van der Waals surface area contributed by atoms with E-state index in [1.54, 1.807) is 42.5 Å². The molecule has 2 aromatic rings. The first-order valence-corrected chi connectivity index (χ1v) is 9.13. The number of phenolic OH excluding ortho intramolecular Hbond substituents is 1. The average molecular weight is 390 g/mol. The van der Waals surface area contributed by atoms with Crippen LogP contribution in [0.25, 0.3) is 6.08 Å². The molecule has 1 aliphatic rings. The molecule has 0 aromatic heterocycles. The third-order valence-electron chi connectivity index (χ3n) is 3.71. The fourth-order valence-electron chi connectivity index (χ4n) is 2.45. The van der Waals surface area contributed by atoms with Crippen LogP contribution in [0.2, 0.25) is 5.02 Å². The summed E-state index contributed by atoms with van der Waals surface area (Å²) in [7, 11) is 0. The third kappa shape index (κ3) is 4.03.